The van der Waals surface area contributed by atoms with Gasteiger partial charge in [-0.3, -0.25) is 14.7 Å². The maximum atomic E-state index is 11.8. The Morgan fingerprint density at radius 2 is 1.47 bits per heavy atom. The zero-order valence-corrected chi connectivity index (χ0v) is 22.5. The van der Waals surface area contributed by atoms with Gasteiger partial charge in [0, 0.05) is 24.7 Å². The predicted molar refractivity (Wildman–Crippen MR) is 147 cm³/mol. The normalized spacial score (nSPS) is 14.5. The van der Waals surface area contributed by atoms with Crippen molar-refractivity contribution >= 4 is 5.97 Å². The van der Waals surface area contributed by atoms with Crippen molar-refractivity contribution in [2.24, 2.45) is 5.92 Å². The van der Waals surface area contributed by atoms with Crippen molar-refractivity contribution in [1.29, 1.82) is 0 Å². The molecule has 0 bridgehead atoms. The molecule has 2 aromatic carbocycles. The summed E-state index contributed by atoms with van der Waals surface area (Å²) in [7, 11) is 0. The molecule has 1 aliphatic heterocycles. The van der Waals surface area contributed by atoms with Crippen LogP contribution in [0.4, 0.5) is 13.2 Å². The molecular weight excluding hydrogens is 489 g/mol. The first-order valence-electron chi connectivity index (χ1n) is 13.1. The van der Waals surface area contributed by atoms with E-state index in [0.717, 1.165) is 30.7 Å². The van der Waals surface area contributed by atoms with E-state index < -0.39 is 17.7 Å². The number of carboxylic acid groups (broad SMARTS) is 1. The van der Waals surface area contributed by atoms with Crippen molar-refractivity contribution < 1.29 is 23.1 Å². The van der Waals surface area contributed by atoms with Crippen molar-refractivity contribution in [3.63, 3.8) is 0 Å². The Labute approximate surface area is 224 Å². The zero-order chi connectivity index (χ0) is 28.0. The molecule has 0 radical (unpaired) electrons. The van der Waals surface area contributed by atoms with Crippen LogP contribution in [0.25, 0.3) is 11.3 Å². The fourth-order valence-electron chi connectivity index (χ4n) is 4.32. The molecule has 1 aliphatic rings. The largest absolute Gasteiger partial charge is 0.481 e. The number of aromatic nitrogens is 1. The Bertz CT molecular complexity index is 1050. The fraction of sp³-hybridized carbons (Fsp3) is 0.419. The van der Waals surface area contributed by atoms with E-state index in [1.165, 1.54) is 68.5 Å². The number of benzene rings is 2. The third-order valence-electron chi connectivity index (χ3n) is 6.21. The highest BCUT2D eigenvalue weighted by Crippen LogP contribution is 2.31. The van der Waals surface area contributed by atoms with Crippen LogP contribution in [-0.4, -0.2) is 34.0 Å². The SMILES string of the molecule is CC(=O)O.CC(C)CC[C@@H](c1ccc(-c2ccccn2)cc1)N1CCCCC1.FC(F)(F)c1ccccc1. The van der Waals surface area contributed by atoms with Gasteiger partial charge in [0.25, 0.3) is 5.97 Å². The summed E-state index contributed by atoms with van der Waals surface area (Å²) in [6, 6.07) is 22.2. The van der Waals surface area contributed by atoms with Gasteiger partial charge in [0.05, 0.1) is 11.3 Å². The molecule has 0 unspecified atom stereocenters. The van der Waals surface area contributed by atoms with Gasteiger partial charge in [0.1, 0.15) is 0 Å². The minimum atomic E-state index is -4.21. The highest BCUT2D eigenvalue weighted by molar-refractivity contribution is 5.63. The molecule has 1 aromatic heterocycles. The number of rotatable bonds is 6. The van der Waals surface area contributed by atoms with E-state index in [0.29, 0.717) is 6.04 Å². The van der Waals surface area contributed by atoms with Crippen molar-refractivity contribution in [2.45, 2.75) is 65.1 Å². The number of aliphatic carboxylic acids is 1. The summed E-state index contributed by atoms with van der Waals surface area (Å²) in [5, 5.41) is 7.42. The van der Waals surface area contributed by atoms with Crippen LogP contribution < -0.4 is 0 Å². The van der Waals surface area contributed by atoms with Crippen LogP contribution in [0.15, 0.2) is 79.0 Å². The van der Waals surface area contributed by atoms with Crippen LogP contribution in [0.5, 0.6) is 0 Å². The van der Waals surface area contributed by atoms with E-state index in [2.05, 4.69) is 60.1 Å². The highest BCUT2D eigenvalue weighted by atomic mass is 19.4. The molecule has 7 heteroatoms. The van der Waals surface area contributed by atoms with E-state index in [9.17, 15) is 13.2 Å². The summed E-state index contributed by atoms with van der Waals surface area (Å²) < 4.78 is 35.4. The maximum absolute atomic E-state index is 11.8. The lowest BCUT2D eigenvalue weighted by Crippen LogP contribution is -2.34. The van der Waals surface area contributed by atoms with Gasteiger partial charge in [-0.25, -0.2) is 0 Å². The number of nitrogens with zero attached hydrogens (tertiary/aromatic N) is 2. The topological polar surface area (TPSA) is 53.4 Å². The standard InChI is InChI=1S/C22H30N2.C7H5F3.C2H4O2/c1-18(2)9-14-22(24-16-6-3-7-17-24)20-12-10-19(11-13-20)21-8-4-5-15-23-21;8-7(9,10)6-4-2-1-3-5-6;1-2(3)4/h4-5,8,10-13,15,18,22H,3,6-7,9,14,16-17H2,1-2H3;1-5H;1H3,(H,3,4)/t22-;;/m0../s1. The van der Waals surface area contributed by atoms with E-state index in [1.807, 2.05) is 12.3 Å². The minimum absolute atomic E-state index is 0.575. The molecular formula is C31H39F3N2O2. The minimum Gasteiger partial charge on any atom is -0.481 e. The molecule has 1 fully saturated rings. The van der Waals surface area contributed by atoms with Crippen LogP contribution >= 0.6 is 0 Å². The Morgan fingerprint density at radius 1 is 0.895 bits per heavy atom. The number of alkyl halides is 3. The number of hydrogen-bond acceptors (Lipinski definition) is 3. The van der Waals surface area contributed by atoms with Gasteiger partial charge in [0.2, 0.25) is 0 Å². The van der Waals surface area contributed by atoms with Gasteiger partial charge in [-0.2, -0.15) is 13.2 Å². The van der Waals surface area contributed by atoms with Gasteiger partial charge in [-0.1, -0.05) is 80.9 Å². The fourth-order valence-corrected chi connectivity index (χ4v) is 4.32. The molecule has 0 amide bonds. The quantitative estimate of drug-likeness (QED) is 0.348. The van der Waals surface area contributed by atoms with Gasteiger partial charge < -0.3 is 5.11 Å². The lowest BCUT2D eigenvalue weighted by molar-refractivity contribution is -0.137. The first-order valence-corrected chi connectivity index (χ1v) is 13.1. The van der Waals surface area contributed by atoms with E-state index in [1.54, 1.807) is 6.07 Å². The Hall–Kier alpha value is -3.19. The van der Waals surface area contributed by atoms with Gasteiger partial charge in [0.15, 0.2) is 0 Å². The summed E-state index contributed by atoms with van der Waals surface area (Å²) >= 11 is 0. The van der Waals surface area contributed by atoms with E-state index in [-0.39, 0.29) is 0 Å². The average Bonchev–Trinajstić information content (AvgIpc) is 2.90. The zero-order valence-electron chi connectivity index (χ0n) is 22.5. The third kappa shape index (κ3) is 11.5. The summed E-state index contributed by atoms with van der Waals surface area (Å²) in [5.41, 5.74) is 3.13. The molecule has 2 heterocycles. The Balaban J connectivity index is 0.000000299. The highest BCUT2D eigenvalue weighted by Gasteiger charge is 2.29. The molecule has 4 rings (SSSR count). The number of carboxylic acids is 1. The molecule has 0 saturated carbocycles. The molecule has 1 atom stereocenters. The maximum Gasteiger partial charge on any atom is 0.416 e. The summed E-state index contributed by atoms with van der Waals surface area (Å²) in [6.45, 7) is 8.25. The van der Waals surface area contributed by atoms with Gasteiger partial charge in [-0.15, -0.1) is 0 Å². The van der Waals surface area contributed by atoms with Crippen LogP contribution in [0, 0.1) is 5.92 Å². The molecule has 0 spiro atoms. The number of halogens is 3. The molecule has 206 valence electrons. The summed E-state index contributed by atoms with van der Waals surface area (Å²) in [4.78, 5) is 16.2. The summed E-state index contributed by atoms with van der Waals surface area (Å²) in [6.07, 6.45) is 4.31. The molecule has 4 nitrogen and oxygen atoms in total. The summed E-state index contributed by atoms with van der Waals surface area (Å²) in [5.74, 6) is -0.0647. The lowest BCUT2D eigenvalue weighted by Gasteiger charge is -2.35. The number of pyridine rings is 1. The molecule has 1 N–H and O–H groups in total. The van der Waals surface area contributed by atoms with E-state index >= 15 is 0 Å². The number of piperidine rings is 1. The second-order valence-corrected chi connectivity index (χ2v) is 9.80. The van der Waals surface area contributed by atoms with E-state index in [4.69, 9.17) is 9.90 Å². The molecule has 1 saturated heterocycles. The molecule has 38 heavy (non-hydrogen) atoms. The first kappa shape index (κ1) is 31.0. The number of likely N-dealkylation sites (tertiary alicyclic amines) is 1. The first-order chi connectivity index (χ1) is 18.1. The van der Waals surface area contributed by atoms with Crippen LogP contribution in [0.3, 0.4) is 0 Å². The monoisotopic (exact) mass is 528 g/mol. The van der Waals surface area contributed by atoms with Crippen LogP contribution in [0.2, 0.25) is 0 Å². The molecule has 0 aliphatic carbocycles. The Morgan fingerprint density at radius 3 is 1.95 bits per heavy atom. The third-order valence-corrected chi connectivity index (χ3v) is 6.21. The predicted octanol–water partition coefficient (Wildman–Crippen LogP) is 8.51. The second kappa shape index (κ2) is 15.9. The average molecular weight is 529 g/mol. The van der Waals surface area contributed by atoms with Crippen molar-refractivity contribution in [2.75, 3.05) is 13.1 Å². The van der Waals surface area contributed by atoms with Crippen LogP contribution in [0.1, 0.15) is 70.0 Å². The van der Waals surface area contributed by atoms with Gasteiger partial charge >= 0.3 is 6.18 Å². The number of carbonyl (C=O) groups is 1. The lowest BCUT2D eigenvalue weighted by atomic mass is 9.93. The molecule has 3 aromatic rings. The van der Waals surface area contributed by atoms with Gasteiger partial charge in [-0.05, 0) is 62.4 Å². The van der Waals surface area contributed by atoms with Crippen molar-refractivity contribution in [3.05, 3.63) is 90.1 Å². The second-order valence-electron chi connectivity index (χ2n) is 9.80. The number of hydrogen-bond donors (Lipinski definition) is 1. The Kier molecular flexibility index (Phi) is 13.0. The van der Waals surface area contributed by atoms with Crippen molar-refractivity contribution in [3.8, 4) is 11.3 Å². The van der Waals surface area contributed by atoms with Crippen LogP contribution in [-0.2, 0) is 11.0 Å². The smallest absolute Gasteiger partial charge is 0.416 e. The van der Waals surface area contributed by atoms with Crippen molar-refractivity contribution in [1.82, 2.24) is 9.88 Å².